The molecule has 3 rings (SSSR count). The molecule has 0 aliphatic carbocycles. The Hall–Kier alpha value is -4.11. The number of ether oxygens (including phenoxy) is 2. The average molecular weight is 400 g/mol. The maximum absolute atomic E-state index is 12.5. The van der Waals surface area contributed by atoms with Crippen molar-refractivity contribution in [2.45, 2.75) is 6.04 Å². The Labute approximate surface area is 174 Å². The van der Waals surface area contributed by atoms with Crippen LogP contribution in [-0.2, 0) is 9.53 Å². The largest absolute Gasteiger partial charge is 0.497 e. The van der Waals surface area contributed by atoms with E-state index in [2.05, 4.69) is 5.32 Å². The van der Waals surface area contributed by atoms with Crippen LogP contribution in [0.1, 0.15) is 33.1 Å². The van der Waals surface area contributed by atoms with E-state index in [4.69, 9.17) is 14.7 Å². The first-order valence-electron chi connectivity index (χ1n) is 9.26. The van der Waals surface area contributed by atoms with Gasteiger partial charge in [-0.1, -0.05) is 42.5 Å². The summed E-state index contributed by atoms with van der Waals surface area (Å²) >= 11 is 0. The highest BCUT2D eigenvalue weighted by Gasteiger charge is 2.18. The summed E-state index contributed by atoms with van der Waals surface area (Å²) in [6.07, 6.45) is 0. The van der Waals surface area contributed by atoms with Crippen molar-refractivity contribution in [2.24, 2.45) is 0 Å². The first-order valence-corrected chi connectivity index (χ1v) is 9.26. The van der Waals surface area contributed by atoms with Crippen LogP contribution in [0, 0.1) is 11.3 Å². The first-order chi connectivity index (χ1) is 14.6. The second-order valence-electron chi connectivity index (χ2n) is 6.45. The van der Waals surface area contributed by atoms with Crippen LogP contribution in [0.15, 0.2) is 78.9 Å². The fourth-order valence-corrected chi connectivity index (χ4v) is 2.90. The number of amides is 1. The summed E-state index contributed by atoms with van der Waals surface area (Å²) in [4.78, 5) is 24.6. The van der Waals surface area contributed by atoms with Gasteiger partial charge in [-0.3, -0.25) is 4.79 Å². The molecule has 0 saturated heterocycles. The zero-order valence-corrected chi connectivity index (χ0v) is 16.4. The standard InChI is InChI=1S/C24H20N2O4/c1-29-21-13-11-19(12-14-21)23(18-5-3-2-4-6-18)26-22(27)16-30-24(28)20-9-7-17(15-25)8-10-20/h2-14,23H,16H2,1H3,(H,26,27)/t23-/m1/s1. The lowest BCUT2D eigenvalue weighted by atomic mass is 9.98. The predicted octanol–water partition coefficient (Wildman–Crippen LogP) is 3.63. The monoisotopic (exact) mass is 400 g/mol. The smallest absolute Gasteiger partial charge is 0.338 e. The molecule has 0 aromatic heterocycles. The topological polar surface area (TPSA) is 88.4 Å². The fraction of sp³-hybridized carbons (Fsp3) is 0.125. The van der Waals surface area contributed by atoms with Crippen LogP contribution in [0.5, 0.6) is 5.75 Å². The van der Waals surface area contributed by atoms with Crippen LogP contribution in [0.3, 0.4) is 0 Å². The number of carbonyl (C=O) groups excluding carboxylic acids is 2. The van der Waals surface area contributed by atoms with E-state index in [1.54, 1.807) is 7.11 Å². The third kappa shape index (κ3) is 5.24. The van der Waals surface area contributed by atoms with E-state index in [0.717, 1.165) is 11.1 Å². The van der Waals surface area contributed by atoms with Crippen molar-refractivity contribution in [3.8, 4) is 11.8 Å². The molecule has 6 heteroatoms. The number of nitriles is 1. The Morgan fingerprint density at radius 1 is 0.933 bits per heavy atom. The summed E-state index contributed by atoms with van der Waals surface area (Å²) in [7, 11) is 1.59. The number of benzene rings is 3. The van der Waals surface area contributed by atoms with E-state index in [0.29, 0.717) is 11.3 Å². The van der Waals surface area contributed by atoms with Gasteiger partial charge in [0.1, 0.15) is 5.75 Å². The summed E-state index contributed by atoms with van der Waals surface area (Å²) in [5.41, 5.74) is 2.48. The molecule has 1 N–H and O–H groups in total. The van der Waals surface area contributed by atoms with E-state index in [1.807, 2.05) is 60.7 Å². The number of nitrogens with one attached hydrogen (secondary N) is 1. The lowest BCUT2D eigenvalue weighted by Crippen LogP contribution is -2.33. The zero-order valence-electron chi connectivity index (χ0n) is 16.4. The molecular formula is C24H20N2O4. The third-order valence-electron chi connectivity index (χ3n) is 4.47. The number of esters is 1. The Morgan fingerprint density at radius 3 is 2.17 bits per heavy atom. The van der Waals surface area contributed by atoms with Crippen LogP contribution in [-0.4, -0.2) is 25.6 Å². The van der Waals surface area contributed by atoms with Gasteiger partial charge in [-0.2, -0.15) is 5.26 Å². The maximum atomic E-state index is 12.5. The van der Waals surface area contributed by atoms with Crippen molar-refractivity contribution in [3.63, 3.8) is 0 Å². The van der Waals surface area contributed by atoms with Crippen LogP contribution in [0.4, 0.5) is 0 Å². The van der Waals surface area contributed by atoms with Crippen molar-refractivity contribution in [3.05, 3.63) is 101 Å². The van der Waals surface area contributed by atoms with Crippen molar-refractivity contribution in [2.75, 3.05) is 13.7 Å². The van der Waals surface area contributed by atoms with Gasteiger partial charge in [0.05, 0.1) is 30.3 Å². The van der Waals surface area contributed by atoms with Crippen molar-refractivity contribution in [1.29, 1.82) is 5.26 Å². The first kappa shape index (κ1) is 20.6. The van der Waals surface area contributed by atoms with Gasteiger partial charge in [-0.25, -0.2) is 4.79 Å². The molecule has 0 aliphatic heterocycles. The molecule has 30 heavy (non-hydrogen) atoms. The van der Waals surface area contributed by atoms with Crippen LogP contribution in [0.2, 0.25) is 0 Å². The predicted molar refractivity (Wildman–Crippen MR) is 111 cm³/mol. The quantitative estimate of drug-likeness (QED) is 0.612. The highest BCUT2D eigenvalue weighted by atomic mass is 16.5. The van der Waals surface area contributed by atoms with Gasteiger partial charge in [0.25, 0.3) is 5.91 Å². The molecule has 3 aromatic carbocycles. The lowest BCUT2D eigenvalue weighted by molar-refractivity contribution is -0.124. The van der Waals surface area contributed by atoms with E-state index < -0.39 is 24.5 Å². The highest BCUT2D eigenvalue weighted by Crippen LogP contribution is 2.24. The number of rotatable bonds is 7. The van der Waals surface area contributed by atoms with Gasteiger partial charge in [-0.05, 0) is 47.5 Å². The van der Waals surface area contributed by atoms with Crippen molar-refractivity contribution < 1.29 is 19.1 Å². The number of hydrogen-bond acceptors (Lipinski definition) is 5. The minimum Gasteiger partial charge on any atom is -0.497 e. The van der Waals surface area contributed by atoms with Gasteiger partial charge < -0.3 is 14.8 Å². The van der Waals surface area contributed by atoms with Gasteiger partial charge in [0, 0.05) is 0 Å². The molecule has 0 bridgehead atoms. The van der Waals surface area contributed by atoms with E-state index in [9.17, 15) is 9.59 Å². The van der Waals surface area contributed by atoms with Gasteiger partial charge in [-0.15, -0.1) is 0 Å². The Balaban J connectivity index is 1.68. The summed E-state index contributed by atoms with van der Waals surface area (Å²) in [5.74, 6) is -0.342. The summed E-state index contributed by atoms with van der Waals surface area (Å²) < 4.78 is 10.3. The number of carbonyl (C=O) groups is 2. The molecular weight excluding hydrogens is 380 g/mol. The maximum Gasteiger partial charge on any atom is 0.338 e. The molecule has 0 saturated carbocycles. The molecule has 0 spiro atoms. The number of nitrogens with zero attached hydrogens (tertiary/aromatic N) is 1. The molecule has 3 aromatic rings. The third-order valence-corrected chi connectivity index (χ3v) is 4.47. The molecule has 0 fully saturated rings. The second kappa shape index (κ2) is 9.89. The molecule has 0 radical (unpaired) electrons. The summed E-state index contributed by atoms with van der Waals surface area (Å²) in [6.45, 7) is -0.418. The Morgan fingerprint density at radius 2 is 1.57 bits per heavy atom. The molecule has 0 aliphatic rings. The molecule has 1 atom stereocenters. The van der Waals surface area contributed by atoms with Gasteiger partial charge >= 0.3 is 5.97 Å². The normalized spacial score (nSPS) is 11.1. The molecule has 0 heterocycles. The lowest BCUT2D eigenvalue weighted by Gasteiger charge is -2.20. The van der Waals surface area contributed by atoms with E-state index in [-0.39, 0.29) is 5.56 Å². The summed E-state index contributed by atoms with van der Waals surface area (Å²) in [6, 6.07) is 24.5. The van der Waals surface area contributed by atoms with E-state index in [1.165, 1.54) is 24.3 Å². The number of methoxy groups -OCH3 is 1. The van der Waals surface area contributed by atoms with Gasteiger partial charge in [0.2, 0.25) is 0 Å². The van der Waals surface area contributed by atoms with Gasteiger partial charge in [0.15, 0.2) is 6.61 Å². The number of hydrogen-bond donors (Lipinski definition) is 1. The molecule has 0 unspecified atom stereocenters. The van der Waals surface area contributed by atoms with Crippen molar-refractivity contribution >= 4 is 11.9 Å². The molecule has 150 valence electrons. The van der Waals surface area contributed by atoms with Crippen LogP contribution < -0.4 is 10.1 Å². The highest BCUT2D eigenvalue weighted by molar-refractivity contribution is 5.91. The molecule has 1 amide bonds. The SMILES string of the molecule is COc1ccc([C@H](NC(=O)COC(=O)c2ccc(C#N)cc2)c2ccccc2)cc1. The molecule has 6 nitrogen and oxygen atoms in total. The minimum atomic E-state index is -0.629. The Kier molecular flexibility index (Phi) is 6.80. The van der Waals surface area contributed by atoms with E-state index >= 15 is 0 Å². The second-order valence-corrected chi connectivity index (χ2v) is 6.45. The summed E-state index contributed by atoms with van der Waals surface area (Å²) in [5, 5.41) is 11.7. The van der Waals surface area contributed by atoms with Crippen molar-refractivity contribution in [1.82, 2.24) is 5.32 Å². The Bertz CT molecular complexity index is 1040. The van der Waals surface area contributed by atoms with Crippen LogP contribution >= 0.6 is 0 Å². The zero-order chi connectivity index (χ0) is 21.3. The minimum absolute atomic E-state index is 0.275. The fourth-order valence-electron chi connectivity index (χ4n) is 2.90. The average Bonchev–Trinajstić information content (AvgIpc) is 2.81. The van der Waals surface area contributed by atoms with Crippen LogP contribution in [0.25, 0.3) is 0 Å².